The van der Waals surface area contributed by atoms with E-state index in [4.69, 9.17) is 4.74 Å². The highest BCUT2D eigenvalue weighted by molar-refractivity contribution is 5.79. The van der Waals surface area contributed by atoms with E-state index in [2.05, 4.69) is 26.9 Å². The number of hydrogen-bond acceptors (Lipinski definition) is 3. The largest absolute Gasteiger partial charge is 0.385 e. The second-order valence-corrected chi connectivity index (χ2v) is 6.93. The Kier molecular flexibility index (Phi) is 7.56. The fourth-order valence-electron chi connectivity index (χ4n) is 3.55. The lowest BCUT2D eigenvalue weighted by Crippen LogP contribution is -2.43. The van der Waals surface area contributed by atoms with E-state index < -0.39 is 0 Å². The number of hydrogen-bond donors (Lipinski definition) is 2. The van der Waals surface area contributed by atoms with E-state index in [1.807, 2.05) is 25.0 Å². The highest BCUT2D eigenvalue weighted by Gasteiger charge is 2.33. The van der Waals surface area contributed by atoms with Crippen molar-refractivity contribution in [1.82, 2.24) is 20.4 Å². The minimum absolute atomic E-state index is 0.378. The number of ether oxygens (including phenoxy) is 1. The highest BCUT2D eigenvalue weighted by atomic mass is 16.5. The zero-order valence-electron chi connectivity index (χ0n) is 15.5. The quantitative estimate of drug-likeness (QED) is 0.412. The zero-order chi connectivity index (χ0) is 17.3. The maximum Gasteiger partial charge on any atom is 0.190 e. The molecule has 0 radical (unpaired) electrons. The minimum Gasteiger partial charge on any atom is -0.385 e. The van der Waals surface area contributed by atoms with E-state index in [0.717, 1.165) is 44.9 Å². The number of methoxy groups -OCH3 is 1. The van der Waals surface area contributed by atoms with Crippen LogP contribution >= 0.6 is 0 Å². The van der Waals surface area contributed by atoms with Gasteiger partial charge in [0.1, 0.15) is 0 Å². The van der Waals surface area contributed by atoms with E-state index in [1.165, 1.54) is 31.2 Å². The smallest absolute Gasteiger partial charge is 0.190 e. The van der Waals surface area contributed by atoms with Gasteiger partial charge in [-0.3, -0.25) is 9.67 Å². The first-order chi connectivity index (χ1) is 11.7. The van der Waals surface area contributed by atoms with Crippen LogP contribution in [0, 0.1) is 5.41 Å². The molecule has 1 aromatic rings. The van der Waals surface area contributed by atoms with Crippen LogP contribution in [0.5, 0.6) is 0 Å². The van der Waals surface area contributed by atoms with Crippen LogP contribution in [-0.2, 0) is 18.2 Å². The number of aryl methyl sites for hydroxylation is 2. The van der Waals surface area contributed by atoms with Crippen LogP contribution in [-0.4, -0.2) is 49.6 Å². The molecule has 2 rings (SSSR count). The summed E-state index contributed by atoms with van der Waals surface area (Å²) in [6.45, 7) is 2.75. The van der Waals surface area contributed by atoms with Crippen molar-refractivity contribution in [2.24, 2.45) is 17.5 Å². The van der Waals surface area contributed by atoms with Gasteiger partial charge in [0.2, 0.25) is 0 Å². The number of rotatable bonds is 9. The SMILES string of the molecule is CN=C(NCCCc1cnn(C)c1)NCC1(CCOC)CCCC1. The molecule has 1 aliphatic rings. The van der Waals surface area contributed by atoms with Crippen molar-refractivity contribution in [2.45, 2.75) is 44.9 Å². The number of guanidine groups is 1. The molecule has 0 saturated heterocycles. The van der Waals surface area contributed by atoms with Crippen LogP contribution in [0.1, 0.15) is 44.1 Å². The first kappa shape index (κ1) is 18.8. The molecule has 0 aromatic carbocycles. The lowest BCUT2D eigenvalue weighted by molar-refractivity contribution is 0.138. The molecule has 0 unspecified atom stereocenters. The lowest BCUT2D eigenvalue weighted by Gasteiger charge is -2.30. The second-order valence-electron chi connectivity index (χ2n) is 6.93. The Labute approximate surface area is 146 Å². The molecule has 0 amide bonds. The van der Waals surface area contributed by atoms with Crippen molar-refractivity contribution in [2.75, 3.05) is 33.9 Å². The Bertz CT molecular complexity index is 505. The summed E-state index contributed by atoms with van der Waals surface area (Å²) >= 11 is 0. The van der Waals surface area contributed by atoms with Gasteiger partial charge in [0, 0.05) is 47.1 Å². The molecule has 1 aromatic heterocycles. The number of aliphatic imine (C=N–C) groups is 1. The van der Waals surface area contributed by atoms with E-state index in [0.29, 0.717) is 5.41 Å². The Morgan fingerprint density at radius 2 is 2.17 bits per heavy atom. The third-order valence-corrected chi connectivity index (χ3v) is 5.05. The normalized spacial score (nSPS) is 17.2. The molecule has 1 aliphatic carbocycles. The van der Waals surface area contributed by atoms with Crippen molar-refractivity contribution in [3.05, 3.63) is 18.0 Å². The van der Waals surface area contributed by atoms with Crippen molar-refractivity contribution in [3.63, 3.8) is 0 Å². The van der Waals surface area contributed by atoms with Gasteiger partial charge in [0.25, 0.3) is 0 Å². The summed E-state index contributed by atoms with van der Waals surface area (Å²) in [4.78, 5) is 4.36. The van der Waals surface area contributed by atoms with Gasteiger partial charge in [-0.15, -0.1) is 0 Å². The molecule has 6 nitrogen and oxygen atoms in total. The predicted molar refractivity (Wildman–Crippen MR) is 98.3 cm³/mol. The van der Waals surface area contributed by atoms with E-state index in [-0.39, 0.29) is 0 Å². The molecule has 0 atom stereocenters. The minimum atomic E-state index is 0.378. The number of aromatic nitrogens is 2. The van der Waals surface area contributed by atoms with Gasteiger partial charge in [-0.2, -0.15) is 5.10 Å². The third-order valence-electron chi connectivity index (χ3n) is 5.05. The second kappa shape index (κ2) is 9.67. The van der Waals surface area contributed by atoms with Crippen molar-refractivity contribution in [3.8, 4) is 0 Å². The molecule has 0 spiro atoms. The maximum absolute atomic E-state index is 5.30. The summed E-state index contributed by atoms with van der Waals surface area (Å²) in [5.74, 6) is 0.907. The van der Waals surface area contributed by atoms with Gasteiger partial charge in [-0.05, 0) is 43.1 Å². The number of nitrogens with one attached hydrogen (secondary N) is 2. The van der Waals surface area contributed by atoms with Gasteiger partial charge in [0.15, 0.2) is 5.96 Å². The molecular formula is C18H33N5O. The van der Waals surface area contributed by atoms with Gasteiger partial charge in [-0.25, -0.2) is 0 Å². The van der Waals surface area contributed by atoms with Crippen LogP contribution < -0.4 is 10.6 Å². The van der Waals surface area contributed by atoms with Crippen molar-refractivity contribution < 1.29 is 4.74 Å². The zero-order valence-corrected chi connectivity index (χ0v) is 15.5. The maximum atomic E-state index is 5.30. The monoisotopic (exact) mass is 335 g/mol. The predicted octanol–water partition coefficient (Wildman–Crippen LogP) is 2.11. The van der Waals surface area contributed by atoms with Crippen LogP contribution in [0.15, 0.2) is 17.4 Å². The molecule has 1 heterocycles. The van der Waals surface area contributed by atoms with E-state index in [1.54, 1.807) is 7.11 Å². The Morgan fingerprint density at radius 1 is 1.38 bits per heavy atom. The Morgan fingerprint density at radius 3 is 2.79 bits per heavy atom. The van der Waals surface area contributed by atoms with Crippen molar-refractivity contribution >= 4 is 5.96 Å². The molecule has 136 valence electrons. The first-order valence-electron chi connectivity index (χ1n) is 9.08. The number of nitrogens with zero attached hydrogens (tertiary/aromatic N) is 3. The van der Waals surface area contributed by atoms with E-state index in [9.17, 15) is 0 Å². The summed E-state index contributed by atoms with van der Waals surface area (Å²) in [6.07, 6.45) is 12.5. The third kappa shape index (κ3) is 5.82. The van der Waals surface area contributed by atoms with Crippen LogP contribution in [0.2, 0.25) is 0 Å². The summed E-state index contributed by atoms with van der Waals surface area (Å²) in [7, 11) is 5.59. The van der Waals surface area contributed by atoms with Crippen LogP contribution in [0.3, 0.4) is 0 Å². The summed E-state index contributed by atoms with van der Waals surface area (Å²) < 4.78 is 7.16. The summed E-state index contributed by atoms with van der Waals surface area (Å²) in [6, 6.07) is 0. The topological polar surface area (TPSA) is 63.5 Å². The lowest BCUT2D eigenvalue weighted by atomic mass is 9.83. The molecule has 2 N–H and O–H groups in total. The fourth-order valence-corrected chi connectivity index (χ4v) is 3.55. The molecular weight excluding hydrogens is 302 g/mol. The van der Waals surface area contributed by atoms with Crippen LogP contribution in [0.4, 0.5) is 0 Å². The molecule has 0 bridgehead atoms. The van der Waals surface area contributed by atoms with Gasteiger partial charge in [0.05, 0.1) is 6.20 Å². The Hall–Kier alpha value is -1.56. The summed E-state index contributed by atoms with van der Waals surface area (Å²) in [5.41, 5.74) is 1.66. The van der Waals surface area contributed by atoms with Gasteiger partial charge >= 0.3 is 0 Å². The average molecular weight is 335 g/mol. The molecule has 6 heteroatoms. The molecule has 1 fully saturated rings. The molecule has 24 heavy (non-hydrogen) atoms. The Balaban J connectivity index is 1.69. The molecule has 1 saturated carbocycles. The van der Waals surface area contributed by atoms with Crippen molar-refractivity contribution in [1.29, 1.82) is 0 Å². The van der Waals surface area contributed by atoms with Crippen LogP contribution in [0.25, 0.3) is 0 Å². The van der Waals surface area contributed by atoms with E-state index >= 15 is 0 Å². The standard InChI is InChI=1S/C18H33N5O/c1-19-17(20-11-6-7-16-13-22-23(2)14-16)21-15-18(10-12-24-3)8-4-5-9-18/h13-14H,4-12,15H2,1-3H3,(H2,19,20,21). The van der Waals surface area contributed by atoms with Gasteiger partial charge < -0.3 is 15.4 Å². The fraction of sp³-hybridized carbons (Fsp3) is 0.778. The first-order valence-corrected chi connectivity index (χ1v) is 9.08. The molecule has 0 aliphatic heterocycles. The van der Waals surface area contributed by atoms with Gasteiger partial charge in [-0.1, -0.05) is 12.8 Å². The highest BCUT2D eigenvalue weighted by Crippen LogP contribution is 2.40. The average Bonchev–Trinajstić information content (AvgIpc) is 3.22. The summed E-state index contributed by atoms with van der Waals surface area (Å²) in [5, 5.41) is 11.2.